The van der Waals surface area contributed by atoms with Gasteiger partial charge in [0.15, 0.2) is 0 Å². The summed E-state index contributed by atoms with van der Waals surface area (Å²) in [6.45, 7) is 2.90. The lowest BCUT2D eigenvalue weighted by Gasteiger charge is -2.22. The third-order valence-corrected chi connectivity index (χ3v) is 4.51. The van der Waals surface area contributed by atoms with Crippen molar-refractivity contribution in [2.45, 2.75) is 38.2 Å². The molecule has 0 unspecified atom stereocenters. The van der Waals surface area contributed by atoms with Crippen molar-refractivity contribution in [3.8, 4) is 0 Å². The second kappa shape index (κ2) is 5.47. The van der Waals surface area contributed by atoms with E-state index in [9.17, 15) is 0 Å². The van der Waals surface area contributed by atoms with Crippen LogP contribution in [-0.2, 0) is 12.4 Å². The summed E-state index contributed by atoms with van der Waals surface area (Å²) in [7, 11) is 0. The van der Waals surface area contributed by atoms with E-state index in [4.69, 9.17) is 11.6 Å². The van der Waals surface area contributed by atoms with Gasteiger partial charge in [0.05, 0.1) is 12.4 Å². The summed E-state index contributed by atoms with van der Waals surface area (Å²) in [6, 6.07) is 4.86. The molecular formula is C14H16ClN3S. The van der Waals surface area contributed by atoms with Gasteiger partial charge in [0.2, 0.25) is 5.95 Å². The van der Waals surface area contributed by atoms with Crippen molar-refractivity contribution >= 4 is 28.9 Å². The Morgan fingerprint density at radius 1 is 1.47 bits per heavy atom. The molecular weight excluding hydrogens is 278 g/mol. The van der Waals surface area contributed by atoms with Crippen LogP contribution in [0.4, 0.5) is 5.95 Å². The summed E-state index contributed by atoms with van der Waals surface area (Å²) >= 11 is 7.65. The molecule has 2 heterocycles. The van der Waals surface area contributed by atoms with Crippen LogP contribution in [-0.4, -0.2) is 16.0 Å². The van der Waals surface area contributed by atoms with Crippen molar-refractivity contribution in [2.75, 3.05) is 4.90 Å². The van der Waals surface area contributed by atoms with E-state index in [1.807, 2.05) is 13.1 Å². The number of hydrogen-bond donors (Lipinski definition) is 0. The summed E-state index contributed by atoms with van der Waals surface area (Å²) in [5.41, 5.74) is 1.99. The zero-order valence-corrected chi connectivity index (χ0v) is 12.4. The summed E-state index contributed by atoms with van der Waals surface area (Å²) in [5.74, 6) is 1.31. The van der Waals surface area contributed by atoms with E-state index in [-0.39, 0.29) is 0 Å². The standard InChI is InChI=1S/C14H16ClN3S/c1-10-11(7-15)8-16-14(17-10)18(12-4-5-12)9-13-3-2-6-19-13/h2-3,6,8,12H,4-5,7,9H2,1H3. The van der Waals surface area contributed by atoms with Crippen molar-refractivity contribution in [3.05, 3.63) is 39.8 Å². The van der Waals surface area contributed by atoms with E-state index in [0.29, 0.717) is 11.9 Å². The second-order valence-electron chi connectivity index (χ2n) is 4.85. The fourth-order valence-corrected chi connectivity index (χ4v) is 3.03. The molecule has 0 radical (unpaired) electrons. The van der Waals surface area contributed by atoms with Gasteiger partial charge in [0.1, 0.15) is 0 Å². The first-order chi connectivity index (χ1) is 9.28. The lowest BCUT2D eigenvalue weighted by molar-refractivity contribution is 0.760. The molecule has 19 heavy (non-hydrogen) atoms. The number of rotatable bonds is 5. The van der Waals surface area contributed by atoms with E-state index in [1.54, 1.807) is 11.3 Å². The van der Waals surface area contributed by atoms with Gasteiger partial charge >= 0.3 is 0 Å². The molecule has 0 aromatic carbocycles. The Labute approximate surface area is 122 Å². The van der Waals surface area contributed by atoms with Crippen LogP contribution >= 0.6 is 22.9 Å². The van der Waals surface area contributed by atoms with Gasteiger partial charge in [0, 0.05) is 28.4 Å². The Morgan fingerprint density at radius 3 is 2.89 bits per heavy atom. The monoisotopic (exact) mass is 293 g/mol. The zero-order valence-electron chi connectivity index (χ0n) is 10.8. The molecule has 3 rings (SSSR count). The Morgan fingerprint density at radius 2 is 2.32 bits per heavy atom. The number of aromatic nitrogens is 2. The quantitative estimate of drug-likeness (QED) is 0.786. The molecule has 0 aliphatic heterocycles. The maximum absolute atomic E-state index is 5.86. The Balaban J connectivity index is 1.85. The number of nitrogens with zero attached hydrogens (tertiary/aromatic N) is 3. The number of thiophene rings is 1. The van der Waals surface area contributed by atoms with E-state index in [0.717, 1.165) is 23.8 Å². The molecule has 0 amide bonds. The molecule has 0 spiro atoms. The Bertz CT molecular complexity index is 552. The van der Waals surface area contributed by atoms with Crippen LogP contribution in [0.15, 0.2) is 23.7 Å². The van der Waals surface area contributed by atoms with E-state index in [1.165, 1.54) is 17.7 Å². The van der Waals surface area contributed by atoms with Crippen molar-refractivity contribution in [2.24, 2.45) is 0 Å². The number of hydrogen-bond acceptors (Lipinski definition) is 4. The highest BCUT2D eigenvalue weighted by molar-refractivity contribution is 7.09. The highest BCUT2D eigenvalue weighted by Gasteiger charge is 2.31. The summed E-state index contributed by atoms with van der Waals surface area (Å²) in [5, 5.41) is 2.11. The number of anilines is 1. The average Bonchev–Trinajstić information content (AvgIpc) is 3.13. The van der Waals surface area contributed by atoms with Gasteiger partial charge < -0.3 is 4.90 Å². The number of alkyl halides is 1. The largest absolute Gasteiger partial charge is 0.333 e. The van der Waals surface area contributed by atoms with Crippen LogP contribution in [0.5, 0.6) is 0 Å². The normalized spacial score (nSPS) is 14.6. The molecule has 0 atom stereocenters. The van der Waals surface area contributed by atoms with Crippen molar-refractivity contribution in [1.29, 1.82) is 0 Å². The zero-order chi connectivity index (χ0) is 13.2. The van der Waals surface area contributed by atoms with Gasteiger partial charge in [-0.3, -0.25) is 0 Å². The van der Waals surface area contributed by atoms with Crippen molar-refractivity contribution in [1.82, 2.24) is 9.97 Å². The molecule has 0 saturated heterocycles. The topological polar surface area (TPSA) is 29.0 Å². The fraction of sp³-hybridized carbons (Fsp3) is 0.429. The molecule has 1 aliphatic carbocycles. The van der Waals surface area contributed by atoms with Crippen LogP contribution in [0.1, 0.15) is 29.0 Å². The minimum absolute atomic E-state index is 0.473. The minimum atomic E-state index is 0.473. The predicted octanol–water partition coefficient (Wildman–Crippen LogP) is 3.75. The molecule has 2 aromatic rings. The first-order valence-corrected chi connectivity index (χ1v) is 7.87. The first-order valence-electron chi connectivity index (χ1n) is 6.45. The molecule has 3 nitrogen and oxygen atoms in total. The number of aryl methyl sites for hydroxylation is 1. The number of halogens is 1. The van der Waals surface area contributed by atoms with Gasteiger partial charge in [-0.1, -0.05) is 6.07 Å². The van der Waals surface area contributed by atoms with Crippen LogP contribution < -0.4 is 4.90 Å². The predicted molar refractivity (Wildman–Crippen MR) is 79.9 cm³/mol. The molecule has 0 N–H and O–H groups in total. The van der Waals surface area contributed by atoms with E-state index in [2.05, 4.69) is 32.4 Å². The third kappa shape index (κ3) is 2.90. The maximum atomic E-state index is 5.86. The minimum Gasteiger partial charge on any atom is -0.333 e. The molecule has 1 saturated carbocycles. The van der Waals surface area contributed by atoms with Gasteiger partial charge in [-0.05, 0) is 31.2 Å². The van der Waals surface area contributed by atoms with E-state index >= 15 is 0 Å². The lowest BCUT2D eigenvalue weighted by Crippen LogP contribution is -2.27. The van der Waals surface area contributed by atoms with Crippen molar-refractivity contribution in [3.63, 3.8) is 0 Å². The summed E-state index contributed by atoms with van der Waals surface area (Å²) < 4.78 is 0. The van der Waals surface area contributed by atoms with Crippen LogP contribution in [0.25, 0.3) is 0 Å². The SMILES string of the molecule is Cc1nc(N(Cc2cccs2)C2CC2)ncc1CCl. The third-order valence-electron chi connectivity index (χ3n) is 3.36. The van der Waals surface area contributed by atoms with Gasteiger partial charge in [-0.25, -0.2) is 9.97 Å². The molecule has 5 heteroatoms. The van der Waals surface area contributed by atoms with Gasteiger partial charge in [0.25, 0.3) is 0 Å². The fourth-order valence-electron chi connectivity index (χ4n) is 2.07. The first kappa shape index (κ1) is 12.9. The molecule has 0 bridgehead atoms. The molecule has 1 aliphatic rings. The lowest BCUT2D eigenvalue weighted by atomic mass is 10.3. The highest BCUT2D eigenvalue weighted by atomic mass is 35.5. The Kier molecular flexibility index (Phi) is 3.71. The van der Waals surface area contributed by atoms with Crippen molar-refractivity contribution < 1.29 is 0 Å². The van der Waals surface area contributed by atoms with Gasteiger partial charge in [-0.2, -0.15) is 0 Å². The van der Waals surface area contributed by atoms with Crippen LogP contribution in [0.2, 0.25) is 0 Å². The maximum Gasteiger partial charge on any atom is 0.226 e. The summed E-state index contributed by atoms with van der Waals surface area (Å²) in [4.78, 5) is 12.8. The molecule has 1 fully saturated rings. The van der Waals surface area contributed by atoms with E-state index < -0.39 is 0 Å². The van der Waals surface area contributed by atoms with Crippen LogP contribution in [0, 0.1) is 6.92 Å². The Hall–Kier alpha value is -1.13. The van der Waals surface area contributed by atoms with Crippen LogP contribution in [0.3, 0.4) is 0 Å². The summed E-state index contributed by atoms with van der Waals surface area (Å²) in [6.07, 6.45) is 4.34. The molecule has 100 valence electrons. The highest BCUT2D eigenvalue weighted by Crippen LogP contribution is 2.32. The smallest absolute Gasteiger partial charge is 0.226 e. The van der Waals surface area contributed by atoms with Gasteiger partial charge in [-0.15, -0.1) is 22.9 Å². The second-order valence-corrected chi connectivity index (χ2v) is 6.15. The average molecular weight is 294 g/mol. The molecule has 2 aromatic heterocycles.